The molecule has 0 unspecified atom stereocenters. The molecule has 0 atom stereocenters. The van der Waals surface area contributed by atoms with Crippen LogP contribution in [0.4, 0.5) is 0 Å². The van der Waals surface area contributed by atoms with E-state index in [2.05, 4.69) is 65.7 Å². The number of amides is 1. The van der Waals surface area contributed by atoms with Gasteiger partial charge in [0.1, 0.15) is 5.76 Å². The molecule has 0 bridgehead atoms. The predicted octanol–water partition coefficient (Wildman–Crippen LogP) is 4.60. The number of halogens is 3. The second kappa shape index (κ2) is 14.3. The number of hydrogen-bond acceptors (Lipinski definition) is 4. The number of rotatable bonds is 0. The summed E-state index contributed by atoms with van der Waals surface area (Å²) >= 11 is 7.39. The minimum atomic E-state index is -0.278. The van der Waals surface area contributed by atoms with Gasteiger partial charge in [-0.25, -0.2) is 0 Å². The van der Waals surface area contributed by atoms with Gasteiger partial charge in [0.2, 0.25) is 5.91 Å². The molecule has 2 N–H and O–H groups in total. The van der Waals surface area contributed by atoms with Crippen LogP contribution in [0.1, 0.15) is 40.5 Å². The van der Waals surface area contributed by atoms with Crippen LogP contribution in [0.2, 0.25) is 0 Å². The molecule has 0 radical (unpaired) electrons. The van der Waals surface area contributed by atoms with Crippen LogP contribution in [-0.2, 0) is 19.2 Å². The molecular formula is C14H24I3N2O3V. The molecule has 134 valence electrons. The fourth-order valence-corrected chi connectivity index (χ4v) is 1.58. The van der Waals surface area contributed by atoms with E-state index in [1.165, 1.54) is 12.6 Å². The molecule has 5 nitrogen and oxygen atoms in total. The Kier molecular flexibility index (Phi) is 16.4. The summed E-state index contributed by atoms with van der Waals surface area (Å²) in [6.45, 7) is 7.68. The molecule has 0 aromatic heterocycles. The topological polar surface area (TPSA) is 72.6 Å². The van der Waals surface area contributed by atoms with Crippen molar-refractivity contribution in [2.24, 2.45) is 5.73 Å². The van der Waals surface area contributed by atoms with Gasteiger partial charge in [-0.3, -0.25) is 9.59 Å². The summed E-state index contributed by atoms with van der Waals surface area (Å²) in [5, 5.41) is 0. The number of carbonyl (C=O) groups excluding carboxylic acids is 2. The molecule has 0 spiro atoms. The quantitative estimate of drug-likeness (QED) is 0.297. The average molecular weight is 700 g/mol. The van der Waals surface area contributed by atoms with Gasteiger partial charge in [0.05, 0.1) is 6.42 Å². The zero-order valence-electron chi connectivity index (χ0n) is 14.2. The van der Waals surface area contributed by atoms with Crippen molar-refractivity contribution in [3.05, 3.63) is 22.6 Å². The summed E-state index contributed by atoms with van der Waals surface area (Å²) in [4.78, 5) is 22.7. The Hall–Kier alpha value is 1.15. The number of nitrogens with zero attached hydrogens (tertiary/aromatic N) is 1. The summed E-state index contributed by atoms with van der Waals surface area (Å²) in [5.74, 6) is 0.861. The van der Waals surface area contributed by atoms with Crippen LogP contribution >= 0.6 is 59.9 Å². The van der Waals surface area contributed by atoms with Gasteiger partial charge < -0.3 is 15.4 Å². The molecule has 0 saturated carbocycles. The monoisotopic (exact) mass is 700 g/mol. The van der Waals surface area contributed by atoms with E-state index in [4.69, 9.17) is 4.74 Å². The van der Waals surface area contributed by atoms with E-state index >= 15 is 0 Å². The molecule has 2 heterocycles. The molecule has 1 amide bonds. The summed E-state index contributed by atoms with van der Waals surface area (Å²) in [6.07, 6.45) is 1.09. The molecule has 2 rings (SSSR count). The Labute approximate surface area is 176 Å². The molecule has 0 aromatic rings. The van der Waals surface area contributed by atoms with Gasteiger partial charge in [-0.2, -0.15) is 0 Å². The average Bonchev–Trinajstić information content (AvgIpc) is 2.86. The first-order valence-corrected chi connectivity index (χ1v) is 20.2. The second-order valence-corrected chi connectivity index (χ2v) is 40.0. The van der Waals surface area contributed by atoms with Crippen LogP contribution in [0.5, 0.6) is 0 Å². The molecule has 9 heteroatoms. The van der Waals surface area contributed by atoms with Crippen LogP contribution < -0.4 is 5.73 Å². The molecular weight excluding hydrogens is 676 g/mol. The first kappa shape index (κ1) is 26.4. The van der Waals surface area contributed by atoms with E-state index in [0.717, 1.165) is 17.0 Å². The number of ether oxygens (including phenoxy) is 1. The zero-order valence-corrected chi connectivity index (χ0v) is 22.1. The molecule has 0 fully saturated rings. The van der Waals surface area contributed by atoms with Crippen molar-refractivity contribution < 1.29 is 19.2 Å². The molecule has 0 aromatic carbocycles. The van der Waals surface area contributed by atoms with Gasteiger partial charge in [0.15, 0.2) is 0 Å². The standard InChI is InChI=1S/C7H11NO.C6H8O2.CH5N.3HI.V/c1-5-4-7(9)8(3)6(5)2;1-4-3-6(7)8-5(4)2;1-2;;;;/h4H2,1-3H3;3H2,1-2H3;2H2,1H3;3*1H;/q;;;;;;+3/p-3. The number of allylic oxidation sites excluding steroid dienone is 2. The maximum atomic E-state index is 10.9. The predicted molar refractivity (Wildman–Crippen MR) is 117 cm³/mol. The Morgan fingerprint density at radius 1 is 1.00 bits per heavy atom. The van der Waals surface area contributed by atoms with Gasteiger partial charge in [-0.15, -0.1) is 0 Å². The van der Waals surface area contributed by atoms with Crippen LogP contribution in [0.15, 0.2) is 22.6 Å². The Morgan fingerprint density at radius 2 is 1.43 bits per heavy atom. The van der Waals surface area contributed by atoms with Crippen LogP contribution in [0.25, 0.3) is 0 Å². The second-order valence-electron chi connectivity index (χ2n) is 4.67. The molecule has 2 aliphatic heterocycles. The van der Waals surface area contributed by atoms with Crippen LogP contribution in [-0.4, -0.2) is 30.9 Å². The first-order chi connectivity index (χ1) is 10.6. The maximum absolute atomic E-state index is 10.9. The summed E-state index contributed by atoms with van der Waals surface area (Å²) in [6, 6.07) is 0. The number of carbonyl (C=O) groups is 2. The van der Waals surface area contributed by atoms with Gasteiger partial charge in [0, 0.05) is 19.2 Å². The summed E-state index contributed by atoms with van der Waals surface area (Å²) in [7, 11) is 3.31. The van der Waals surface area contributed by atoms with Crippen LogP contribution in [0, 0.1) is 0 Å². The SMILES string of the molecule is CC1=C(C)N(C)C(=O)C1.CC1=C(C)OC(=O)C1.CN.[I][V]([I])[I]. The number of esters is 1. The Balaban J connectivity index is 0. The first-order valence-electron chi connectivity index (χ1n) is 6.71. The van der Waals surface area contributed by atoms with Crippen molar-refractivity contribution in [3.63, 3.8) is 0 Å². The van der Waals surface area contributed by atoms with E-state index in [0.29, 0.717) is 12.8 Å². The third kappa shape index (κ3) is 12.2. The van der Waals surface area contributed by atoms with E-state index in [1.54, 1.807) is 11.8 Å². The van der Waals surface area contributed by atoms with Crippen molar-refractivity contribution in [3.8, 4) is 0 Å². The third-order valence-corrected chi connectivity index (χ3v) is 3.19. The van der Waals surface area contributed by atoms with Crippen molar-refractivity contribution in [1.29, 1.82) is 0 Å². The Morgan fingerprint density at radius 3 is 1.52 bits per heavy atom. The van der Waals surface area contributed by atoms with Crippen molar-refractivity contribution >= 4 is 71.8 Å². The fourth-order valence-electron chi connectivity index (χ4n) is 1.58. The summed E-state index contributed by atoms with van der Waals surface area (Å²) in [5.41, 5.74) is 7.86. The molecule has 0 saturated heterocycles. The zero-order chi connectivity index (χ0) is 18.7. The van der Waals surface area contributed by atoms with E-state index in [9.17, 15) is 9.59 Å². The van der Waals surface area contributed by atoms with Crippen molar-refractivity contribution in [1.82, 2.24) is 4.90 Å². The Bertz CT molecular complexity index is 461. The summed E-state index contributed by atoms with van der Waals surface area (Å²) < 4.78 is 4.71. The third-order valence-electron chi connectivity index (χ3n) is 3.19. The number of nitrogens with two attached hydrogens (primary N) is 1. The van der Waals surface area contributed by atoms with Gasteiger partial charge in [-0.05, 0) is 45.9 Å². The van der Waals surface area contributed by atoms with E-state index < -0.39 is 0 Å². The fraction of sp³-hybridized carbons (Fsp3) is 0.571. The molecule has 2 aliphatic rings. The van der Waals surface area contributed by atoms with Crippen molar-refractivity contribution in [2.45, 2.75) is 40.5 Å². The minimum absolute atomic E-state index is 0.125. The van der Waals surface area contributed by atoms with Crippen LogP contribution in [0.3, 0.4) is 0 Å². The number of hydrogen-bond donors (Lipinski definition) is 1. The normalized spacial score (nSPS) is 16.4. The van der Waals surface area contributed by atoms with E-state index in [-0.39, 0.29) is 16.8 Å². The van der Waals surface area contributed by atoms with E-state index in [1.807, 2.05) is 27.8 Å². The molecule has 23 heavy (non-hydrogen) atoms. The van der Waals surface area contributed by atoms with Crippen molar-refractivity contribution in [2.75, 3.05) is 14.1 Å². The van der Waals surface area contributed by atoms with Gasteiger partial charge >= 0.3 is 70.8 Å². The molecule has 0 aliphatic carbocycles. The number of cyclic esters (lactones) is 1. The van der Waals surface area contributed by atoms with Gasteiger partial charge in [0.25, 0.3) is 0 Å². The van der Waals surface area contributed by atoms with Gasteiger partial charge in [-0.1, -0.05) is 0 Å².